The number of hydrogen-bond donors (Lipinski definition) is 0. The van der Waals surface area contributed by atoms with E-state index in [0.29, 0.717) is 0 Å². The van der Waals surface area contributed by atoms with Crippen molar-refractivity contribution in [2.45, 2.75) is 12.5 Å². The Labute approximate surface area is 173 Å². The van der Waals surface area contributed by atoms with Crippen LogP contribution in [0, 0.1) is 6.92 Å². The fourth-order valence-electron chi connectivity index (χ4n) is 3.94. The molecule has 0 aliphatic carbocycles. The second kappa shape index (κ2) is 6.65. The van der Waals surface area contributed by atoms with Gasteiger partial charge in [-0.15, -0.1) is 0 Å². The van der Waals surface area contributed by atoms with Gasteiger partial charge in [0.1, 0.15) is 5.75 Å². The molecular formula is C26H19BrO. The minimum Gasteiger partial charge on any atom is -0.473 e. The second-order valence-corrected chi connectivity index (χ2v) is 8.16. The molecule has 0 N–H and O–H groups in total. The maximum atomic E-state index is 6.77. The Balaban J connectivity index is 1.72. The molecule has 1 aliphatic rings. The Morgan fingerprint density at radius 1 is 0.786 bits per heavy atom. The number of hydrogen-bond acceptors (Lipinski definition) is 1. The normalized spacial score (nSPS) is 17.9. The molecule has 1 nitrogen and oxygen atoms in total. The monoisotopic (exact) mass is 426 g/mol. The highest BCUT2D eigenvalue weighted by Crippen LogP contribution is 2.44. The number of benzene rings is 4. The Morgan fingerprint density at radius 3 is 2.32 bits per heavy atom. The van der Waals surface area contributed by atoms with Gasteiger partial charge < -0.3 is 4.74 Å². The van der Waals surface area contributed by atoms with Gasteiger partial charge in [0, 0.05) is 21.2 Å². The van der Waals surface area contributed by atoms with Crippen LogP contribution < -0.4 is 4.74 Å². The Kier molecular flexibility index (Phi) is 4.10. The lowest BCUT2D eigenvalue weighted by molar-refractivity contribution is 0.161. The first-order valence-corrected chi connectivity index (χ1v) is 10.2. The molecule has 2 heteroatoms. The molecule has 0 bridgehead atoms. The van der Waals surface area contributed by atoms with Crippen LogP contribution in [-0.2, 0) is 5.60 Å². The molecule has 0 radical (unpaired) electrons. The number of rotatable bonds is 2. The second-order valence-electron chi connectivity index (χ2n) is 7.25. The average molecular weight is 427 g/mol. The summed E-state index contributed by atoms with van der Waals surface area (Å²) >= 11 is 3.56. The minimum absolute atomic E-state index is 0.634. The third-order valence-electron chi connectivity index (χ3n) is 5.42. The molecule has 28 heavy (non-hydrogen) atoms. The molecule has 1 aliphatic heterocycles. The number of halogens is 1. The summed E-state index contributed by atoms with van der Waals surface area (Å²) in [6.45, 7) is 2.11. The summed E-state index contributed by atoms with van der Waals surface area (Å²) in [5, 5.41) is 2.39. The number of fused-ring (bicyclic) bond motifs is 3. The summed E-state index contributed by atoms with van der Waals surface area (Å²) in [5.74, 6) is 0.904. The Hall–Kier alpha value is -2.84. The summed E-state index contributed by atoms with van der Waals surface area (Å²) in [6.07, 6.45) is 4.40. The topological polar surface area (TPSA) is 9.23 Å². The van der Waals surface area contributed by atoms with E-state index in [1.54, 1.807) is 0 Å². The maximum Gasteiger partial charge on any atom is 0.178 e. The van der Waals surface area contributed by atoms with Crippen molar-refractivity contribution in [3.63, 3.8) is 0 Å². The van der Waals surface area contributed by atoms with Crippen LogP contribution in [0.2, 0.25) is 0 Å². The van der Waals surface area contributed by atoms with Gasteiger partial charge in [-0.05, 0) is 48.0 Å². The average Bonchev–Trinajstić information content (AvgIpc) is 2.74. The molecule has 1 atom stereocenters. The van der Waals surface area contributed by atoms with Crippen LogP contribution in [0.5, 0.6) is 5.75 Å². The Bertz CT molecular complexity index is 1190. The first-order valence-electron chi connectivity index (χ1n) is 9.39. The third kappa shape index (κ3) is 2.76. The molecule has 0 spiro atoms. The predicted octanol–water partition coefficient (Wildman–Crippen LogP) is 7.26. The lowest BCUT2D eigenvalue weighted by Crippen LogP contribution is -2.34. The molecular weight excluding hydrogens is 408 g/mol. The third-order valence-corrected chi connectivity index (χ3v) is 5.92. The van der Waals surface area contributed by atoms with Crippen LogP contribution in [0.25, 0.3) is 16.8 Å². The van der Waals surface area contributed by atoms with E-state index in [4.69, 9.17) is 4.74 Å². The van der Waals surface area contributed by atoms with Gasteiger partial charge >= 0.3 is 0 Å². The van der Waals surface area contributed by atoms with Gasteiger partial charge in [0.15, 0.2) is 5.60 Å². The molecule has 0 aromatic heterocycles. The van der Waals surface area contributed by atoms with Crippen LogP contribution in [0.1, 0.15) is 22.3 Å². The number of ether oxygens (including phenoxy) is 1. The maximum absolute atomic E-state index is 6.77. The van der Waals surface area contributed by atoms with Gasteiger partial charge in [0.05, 0.1) is 0 Å². The summed E-state index contributed by atoms with van der Waals surface area (Å²) in [5.41, 5.74) is 3.98. The zero-order chi connectivity index (χ0) is 19.1. The molecule has 0 fully saturated rings. The standard InChI is InChI=1S/C26H19BrO/c1-18-7-10-21(11-8-18)26(20-5-3-2-4-6-20)16-15-24-23-13-12-22(27)17-19(23)9-14-25(24)28-26/h2-17H,1H3. The number of aryl methyl sites for hydroxylation is 1. The van der Waals surface area contributed by atoms with Crippen LogP contribution in [-0.4, -0.2) is 0 Å². The molecule has 1 unspecified atom stereocenters. The first-order chi connectivity index (χ1) is 13.7. The highest BCUT2D eigenvalue weighted by Gasteiger charge is 2.37. The van der Waals surface area contributed by atoms with Crippen molar-refractivity contribution in [2.24, 2.45) is 0 Å². The molecule has 5 rings (SSSR count). The van der Waals surface area contributed by atoms with E-state index < -0.39 is 5.60 Å². The molecule has 0 saturated heterocycles. The smallest absolute Gasteiger partial charge is 0.178 e. The van der Waals surface area contributed by atoms with E-state index in [9.17, 15) is 0 Å². The Morgan fingerprint density at radius 2 is 1.54 bits per heavy atom. The molecule has 0 amide bonds. The molecule has 136 valence electrons. The van der Waals surface area contributed by atoms with E-state index in [1.807, 2.05) is 6.07 Å². The van der Waals surface area contributed by atoms with E-state index in [-0.39, 0.29) is 0 Å². The largest absolute Gasteiger partial charge is 0.473 e. The summed E-state index contributed by atoms with van der Waals surface area (Å²) in [6, 6.07) is 29.6. The van der Waals surface area contributed by atoms with Crippen molar-refractivity contribution in [2.75, 3.05) is 0 Å². The molecule has 4 aromatic carbocycles. The van der Waals surface area contributed by atoms with Gasteiger partial charge in [-0.3, -0.25) is 0 Å². The molecule has 1 heterocycles. The summed E-state index contributed by atoms with van der Waals surface area (Å²) in [7, 11) is 0. The van der Waals surface area contributed by atoms with E-state index in [2.05, 4.69) is 114 Å². The van der Waals surface area contributed by atoms with Crippen LogP contribution >= 0.6 is 15.9 Å². The van der Waals surface area contributed by atoms with Gasteiger partial charge in [-0.1, -0.05) is 88.2 Å². The molecule has 4 aromatic rings. The van der Waals surface area contributed by atoms with Crippen molar-refractivity contribution in [3.8, 4) is 5.75 Å². The first kappa shape index (κ1) is 17.3. The van der Waals surface area contributed by atoms with Gasteiger partial charge in [-0.25, -0.2) is 0 Å². The summed E-state index contributed by atoms with van der Waals surface area (Å²) < 4.78 is 7.85. The predicted molar refractivity (Wildman–Crippen MR) is 120 cm³/mol. The highest BCUT2D eigenvalue weighted by atomic mass is 79.9. The highest BCUT2D eigenvalue weighted by molar-refractivity contribution is 9.10. The lowest BCUT2D eigenvalue weighted by Gasteiger charge is -2.36. The zero-order valence-electron chi connectivity index (χ0n) is 15.5. The quantitative estimate of drug-likeness (QED) is 0.327. The van der Waals surface area contributed by atoms with Crippen molar-refractivity contribution < 1.29 is 4.74 Å². The van der Waals surface area contributed by atoms with Gasteiger partial charge in [0.25, 0.3) is 0 Å². The molecule has 0 saturated carbocycles. The van der Waals surface area contributed by atoms with Crippen molar-refractivity contribution >= 4 is 32.8 Å². The van der Waals surface area contributed by atoms with Crippen molar-refractivity contribution in [1.82, 2.24) is 0 Å². The van der Waals surface area contributed by atoms with Gasteiger partial charge in [0.2, 0.25) is 0 Å². The fourth-order valence-corrected chi connectivity index (χ4v) is 4.32. The van der Waals surface area contributed by atoms with E-state index >= 15 is 0 Å². The van der Waals surface area contributed by atoms with Crippen LogP contribution in [0.15, 0.2) is 95.5 Å². The lowest BCUT2D eigenvalue weighted by atomic mass is 9.83. The van der Waals surface area contributed by atoms with Gasteiger partial charge in [-0.2, -0.15) is 0 Å². The van der Waals surface area contributed by atoms with Crippen LogP contribution in [0.4, 0.5) is 0 Å². The fraction of sp³-hybridized carbons (Fsp3) is 0.0769. The zero-order valence-corrected chi connectivity index (χ0v) is 17.1. The summed E-state index contributed by atoms with van der Waals surface area (Å²) in [4.78, 5) is 0. The van der Waals surface area contributed by atoms with E-state index in [0.717, 1.165) is 26.9 Å². The van der Waals surface area contributed by atoms with Crippen molar-refractivity contribution in [3.05, 3.63) is 118 Å². The van der Waals surface area contributed by atoms with Crippen LogP contribution in [0.3, 0.4) is 0 Å². The van der Waals surface area contributed by atoms with Crippen molar-refractivity contribution in [1.29, 1.82) is 0 Å². The van der Waals surface area contributed by atoms with E-state index in [1.165, 1.54) is 16.3 Å². The SMILES string of the molecule is Cc1ccc(C2(c3ccccc3)C=Cc3c(ccc4cc(Br)ccc34)O2)cc1. The minimum atomic E-state index is -0.634.